The van der Waals surface area contributed by atoms with Crippen LogP contribution in [0.1, 0.15) is 5.56 Å². The van der Waals surface area contributed by atoms with Gasteiger partial charge in [0.25, 0.3) is 0 Å². The predicted molar refractivity (Wildman–Crippen MR) is 244 cm³/mol. The van der Waals surface area contributed by atoms with Gasteiger partial charge in [0.2, 0.25) is 0 Å². The Morgan fingerprint density at radius 2 is 0.741 bits per heavy atom. The molecule has 3 heteroatoms. The minimum Gasteiger partial charge on any atom is -0.335 e. The number of fused-ring (bicyclic) bond motifs is 11. The lowest BCUT2D eigenvalue weighted by molar-refractivity contribution is 0.860. The maximum atomic E-state index is 2.54. The van der Waals surface area contributed by atoms with E-state index in [2.05, 4.69) is 214 Å². The van der Waals surface area contributed by atoms with Gasteiger partial charge in [-0.2, -0.15) is 0 Å². The zero-order valence-electron chi connectivity index (χ0n) is 31.6. The van der Waals surface area contributed by atoms with E-state index in [-0.39, 0.29) is 0 Å². The molecule has 0 N–H and O–H groups in total. The molecule has 0 radical (unpaired) electrons. The third-order valence-corrected chi connectivity index (χ3v) is 12.6. The summed E-state index contributed by atoms with van der Waals surface area (Å²) in [5, 5.41) is 7.65. The van der Waals surface area contributed by atoms with Crippen LogP contribution in [0.2, 0.25) is 0 Å². The molecule has 3 aromatic heterocycles. The molecule has 0 fully saturated rings. The molecule has 12 aromatic rings. The number of hydrogen-bond donors (Lipinski definition) is 0. The van der Waals surface area contributed by atoms with E-state index < -0.39 is 0 Å². The summed E-state index contributed by atoms with van der Waals surface area (Å²) in [6, 6.07) is 74.0. The molecular weight excluding hydrogens is 703 g/mol. The van der Waals surface area contributed by atoms with Gasteiger partial charge in [0.15, 0.2) is 0 Å². The molecule has 58 heavy (non-hydrogen) atoms. The molecule has 0 saturated heterocycles. The largest absolute Gasteiger partial charge is 0.335 e. The van der Waals surface area contributed by atoms with Gasteiger partial charge in [-0.1, -0.05) is 115 Å². The van der Waals surface area contributed by atoms with Crippen molar-refractivity contribution in [2.75, 3.05) is 0 Å². The molecule has 0 unspecified atom stereocenters. The van der Waals surface area contributed by atoms with Gasteiger partial charge in [-0.05, 0) is 118 Å². The lowest BCUT2D eigenvalue weighted by Gasteiger charge is -2.21. The summed E-state index contributed by atoms with van der Waals surface area (Å²) < 4.78 is 7.32. The normalized spacial score (nSPS) is 12.4. The van der Waals surface area contributed by atoms with Crippen LogP contribution in [0.3, 0.4) is 0 Å². The number of hydrogen-bond acceptors (Lipinski definition) is 0. The molecule has 270 valence electrons. The number of rotatable bonds is 4. The second kappa shape index (κ2) is 11.9. The molecular formula is C55H35N3. The number of benzene rings is 9. The van der Waals surface area contributed by atoms with Gasteiger partial charge < -0.3 is 13.7 Å². The van der Waals surface area contributed by atoms with Crippen LogP contribution in [-0.2, 0) is 6.54 Å². The van der Waals surface area contributed by atoms with E-state index in [4.69, 9.17) is 0 Å². The first-order valence-electron chi connectivity index (χ1n) is 20.1. The average molecular weight is 738 g/mol. The Hall–Kier alpha value is -7.62. The summed E-state index contributed by atoms with van der Waals surface area (Å²) >= 11 is 0. The number of para-hydroxylation sites is 4. The summed E-state index contributed by atoms with van der Waals surface area (Å²) in [5.74, 6) is 0. The highest BCUT2D eigenvalue weighted by Gasteiger charge is 2.24. The molecule has 3 nitrogen and oxygen atoms in total. The van der Waals surface area contributed by atoms with Crippen LogP contribution >= 0.6 is 0 Å². The van der Waals surface area contributed by atoms with E-state index in [0.29, 0.717) is 0 Å². The van der Waals surface area contributed by atoms with Crippen molar-refractivity contribution in [1.82, 2.24) is 13.7 Å². The van der Waals surface area contributed by atoms with Crippen molar-refractivity contribution >= 4 is 65.4 Å². The molecule has 0 atom stereocenters. The van der Waals surface area contributed by atoms with Crippen LogP contribution in [-0.4, -0.2) is 13.7 Å². The molecule has 4 heterocycles. The van der Waals surface area contributed by atoms with Gasteiger partial charge in [0, 0.05) is 61.3 Å². The van der Waals surface area contributed by atoms with Crippen LogP contribution in [0.5, 0.6) is 0 Å². The minimum atomic E-state index is 0.859. The molecule has 9 aromatic carbocycles. The standard InChI is InChI=1S/C55H35N3/c1-3-14-40(15-4-1)57-51-21-11-9-19-43(51)45-29-36(24-27-53(45)57)35-23-26-50-47(30-35)49-33-39(32-48-42-18-8-7-13-38(42)34-56(50)55(48)49)37-25-28-54-46(31-37)44-20-10-12-22-52(44)58(54)41-16-5-2-6-17-41/h1-33H,34H2. The molecule has 13 rings (SSSR count). The Balaban J connectivity index is 1.03. The summed E-state index contributed by atoms with van der Waals surface area (Å²) in [7, 11) is 0. The molecule has 1 aliphatic rings. The highest BCUT2D eigenvalue weighted by atomic mass is 15.0. The Bertz CT molecular complexity index is 3640. The van der Waals surface area contributed by atoms with Crippen molar-refractivity contribution in [2.45, 2.75) is 6.54 Å². The highest BCUT2D eigenvalue weighted by Crippen LogP contribution is 2.46. The lowest BCUT2D eigenvalue weighted by Crippen LogP contribution is -2.07. The summed E-state index contributed by atoms with van der Waals surface area (Å²) in [4.78, 5) is 0. The quantitative estimate of drug-likeness (QED) is 0.171. The SMILES string of the molecule is c1ccc(-n2c3ccccc3c3cc(-c4ccc5c(c4)c4cc(-c6ccc7c(c6)c6ccccc6n7-c6ccccc6)cc6c4n5Cc4ccccc4-6)ccc32)cc1. The first kappa shape index (κ1) is 31.6. The second-order valence-corrected chi connectivity index (χ2v) is 15.7. The fourth-order valence-electron chi connectivity index (χ4n) is 10.1. The van der Waals surface area contributed by atoms with Crippen molar-refractivity contribution in [2.24, 2.45) is 0 Å². The van der Waals surface area contributed by atoms with E-state index >= 15 is 0 Å². The smallest absolute Gasteiger partial charge is 0.0574 e. The van der Waals surface area contributed by atoms with Gasteiger partial charge in [0.05, 0.1) is 27.6 Å². The fraction of sp³-hybridized carbons (Fsp3) is 0.0182. The monoisotopic (exact) mass is 737 g/mol. The Kier molecular flexibility index (Phi) is 6.50. The van der Waals surface area contributed by atoms with Gasteiger partial charge in [-0.25, -0.2) is 0 Å². The third kappa shape index (κ3) is 4.44. The van der Waals surface area contributed by atoms with Gasteiger partial charge in [-0.15, -0.1) is 0 Å². The Labute approximate surface area is 334 Å². The van der Waals surface area contributed by atoms with E-state index in [1.54, 1.807) is 0 Å². The first-order chi connectivity index (χ1) is 28.8. The van der Waals surface area contributed by atoms with Gasteiger partial charge in [0.1, 0.15) is 0 Å². The minimum absolute atomic E-state index is 0.859. The first-order valence-corrected chi connectivity index (χ1v) is 20.1. The van der Waals surface area contributed by atoms with Crippen LogP contribution in [0.4, 0.5) is 0 Å². The molecule has 0 bridgehead atoms. The van der Waals surface area contributed by atoms with E-state index in [1.165, 1.54) is 116 Å². The molecule has 0 amide bonds. The zero-order chi connectivity index (χ0) is 37.9. The third-order valence-electron chi connectivity index (χ3n) is 12.6. The van der Waals surface area contributed by atoms with Crippen molar-refractivity contribution in [1.29, 1.82) is 0 Å². The van der Waals surface area contributed by atoms with Crippen LogP contribution in [0.15, 0.2) is 200 Å². The topological polar surface area (TPSA) is 14.8 Å². The predicted octanol–water partition coefficient (Wildman–Crippen LogP) is 14.4. The van der Waals surface area contributed by atoms with Crippen LogP contribution < -0.4 is 0 Å². The fourth-order valence-corrected chi connectivity index (χ4v) is 10.1. The summed E-state index contributed by atoms with van der Waals surface area (Å²) in [6.07, 6.45) is 0. The van der Waals surface area contributed by atoms with E-state index in [1.807, 2.05) is 0 Å². The van der Waals surface area contributed by atoms with Crippen molar-refractivity contribution in [3.8, 4) is 44.8 Å². The summed E-state index contributed by atoms with van der Waals surface area (Å²) in [5.41, 5.74) is 18.7. The molecule has 0 spiro atoms. The highest BCUT2D eigenvalue weighted by molar-refractivity contribution is 6.17. The average Bonchev–Trinajstić information content (AvgIpc) is 3.92. The molecule has 0 saturated carbocycles. The number of nitrogens with zero attached hydrogens (tertiary/aromatic N) is 3. The van der Waals surface area contributed by atoms with Gasteiger partial charge >= 0.3 is 0 Å². The van der Waals surface area contributed by atoms with E-state index in [0.717, 1.165) is 6.54 Å². The number of aromatic nitrogens is 3. The summed E-state index contributed by atoms with van der Waals surface area (Å²) in [6.45, 7) is 0.859. The maximum Gasteiger partial charge on any atom is 0.0574 e. The zero-order valence-corrected chi connectivity index (χ0v) is 31.6. The van der Waals surface area contributed by atoms with Crippen molar-refractivity contribution in [3.63, 3.8) is 0 Å². The van der Waals surface area contributed by atoms with Crippen molar-refractivity contribution < 1.29 is 0 Å². The van der Waals surface area contributed by atoms with Crippen molar-refractivity contribution in [3.05, 3.63) is 206 Å². The lowest BCUT2D eigenvalue weighted by atomic mass is 9.91. The second-order valence-electron chi connectivity index (χ2n) is 15.7. The molecule has 0 aliphatic carbocycles. The molecule has 1 aliphatic heterocycles. The Morgan fingerprint density at radius 3 is 1.34 bits per heavy atom. The van der Waals surface area contributed by atoms with Crippen LogP contribution in [0, 0.1) is 0 Å². The van der Waals surface area contributed by atoms with Crippen LogP contribution in [0.25, 0.3) is 110 Å². The Morgan fingerprint density at radius 1 is 0.293 bits per heavy atom. The van der Waals surface area contributed by atoms with E-state index in [9.17, 15) is 0 Å². The maximum absolute atomic E-state index is 2.54. The van der Waals surface area contributed by atoms with Gasteiger partial charge in [-0.3, -0.25) is 0 Å².